The van der Waals surface area contributed by atoms with Crippen molar-refractivity contribution in [1.82, 2.24) is 10.2 Å². The van der Waals surface area contributed by atoms with Crippen LogP contribution in [0.15, 0.2) is 23.2 Å². The van der Waals surface area contributed by atoms with Crippen molar-refractivity contribution in [2.75, 3.05) is 50.9 Å². The number of benzene rings is 1. The van der Waals surface area contributed by atoms with Crippen LogP contribution in [0.2, 0.25) is 0 Å². The number of anilines is 1. The Bertz CT molecular complexity index is 746. The first-order valence-electron chi connectivity index (χ1n) is 8.56. The summed E-state index contributed by atoms with van der Waals surface area (Å²) in [4.78, 5) is 6.31. The molecule has 1 aromatic carbocycles. The van der Waals surface area contributed by atoms with Gasteiger partial charge in [-0.15, -0.1) is 24.0 Å². The number of hydrogen-bond donors (Lipinski definition) is 2. The molecule has 2 rings (SSSR count). The topological polar surface area (TPSA) is 83.0 Å². The highest BCUT2D eigenvalue weighted by Crippen LogP contribution is 2.17. The number of nitrogens with zero attached hydrogens (tertiary/aromatic N) is 2. The molecule has 0 amide bonds. The van der Waals surface area contributed by atoms with Gasteiger partial charge in [-0.3, -0.25) is 9.71 Å². The molecule has 1 aromatic rings. The summed E-state index contributed by atoms with van der Waals surface area (Å²) in [6.45, 7) is 4.24. The summed E-state index contributed by atoms with van der Waals surface area (Å²) < 4.78 is 45.5. The number of guanidine groups is 1. The molecule has 0 bridgehead atoms. The van der Waals surface area contributed by atoms with Crippen molar-refractivity contribution < 1.29 is 17.5 Å². The Labute approximate surface area is 177 Å². The normalized spacial score (nSPS) is 17.6. The van der Waals surface area contributed by atoms with Crippen LogP contribution < -0.4 is 10.0 Å². The summed E-state index contributed by atoms with van der Waals surface area (Å²) >= 11 is 0. The summed E-state index contributed by atoms with van der Waals surface area (Å²) in [6.07, 6.45) is 1.02. The maximum atomic E-state index is 13.5. The average molecular weight is 514 g/mol. The molecule has 0 spiro atoms. The number of aliphatic imine (C=N–C) groups is 1. The third-order valence-electron chi connectivity index (χ3n) is 4.30. The molecule has 154 valence electrons. The minimum atomic E-state index is -3.58. The SMILES string of the molecule is CN=C(NCCS(=O)(=O)Nc1ccc(C)c(F)c1)N1CCC(COC)C1.I. The first kappa shape index (κ1) is 23.9. The van der Waals surface area contributed by atoms with Crippen molar-refractivity contribution in [3.8, 4) is 0 Å². The van der Waals surface area contributed by atoms with Crippen LogP contribution >= 0.6 is 24.0 Å². The number of methoxy groups -OCH3 is 1. The molecule has 2 N–H and O–H groups in total. The molecular weight excluding hydrogens is 486 g/mol. The molecule has 0 aromatic heterocycles. The average Bonchev–Trinajstić information content (AvgIpc) is 3.03. The standard InChI is InChI=1S/C17H27FN4O3S.HI/c1-13-4-5-15(10-16(13)18)21-26(23,24)9-7-20-17(19-2)22-8-6-14(11-22)12-25-3;/h4-5,10,14,21H,6-9,11-12H2,1-3H3,(H,19,20);1H. The number of sulfonamides is 1. The Morgan fingerprint density at radius 3 is 2.81 bits per heavy atom. The van der Waals surface area contributed by atoms with Gasteiger partial charge in [-0.2, -0.15) is 0 Å². The molecule has 1 atom stereocenters. The van der Waals surface area contributed by atoms with E-state index in [0.29, 0.717) is 24.0 Å². The fourth-order valence-electron chi connectivity index (χ4n) is 2.91. The van der Waals surface area contributed by atoms with Crippen molar-refractivity contribution in [3.63, 3.8) is 0 Å². The quantitative estimate of drug-likeness (QED) is 0.331. The molecule has 1 heterocycles. The predicted molar refractivity (Wildman–Crippen MR) is 117 cm³/mol. The lowest BCUT2D eigenvalue weighted by Crippen LogP contribution is -2.42. The van der Waals surface area contributed by atoms with Gasteiger partial charge in [0.2, 0.25) is 10.0 Å². The van der Waals surface area contributed by atoms with Gasteiger partial charge in [0.15, 0.2) is 5.96 Å². The fraction of sp³-hybridized carbons (Fsp3) is 0.588. The van der Waals surface area contributed by atoms with Gasteiger partial charge in [0.05, 0.1) is 18.0 Å². The van der Waals surface area contributed by atoms with E-state index < -0.39 is 15.8 Å². The van der Waals surface area contributed by atoms with E-state index in [1.54, 1.807) is 27.1 Å². The lowest BCUT2D eigenvalue weighted by Gasteiger charge is -2.21. The molecule has 1 aliphatic heterocycles. The van der Waals surface area contributed by atoms with Crippen LogP contribution in [0.25, 0.3) is 0 Å². The van der Waals surface area contributed by atoms with Crippen molar-refractivity contribution >= 4 is 45.6 Å². The molecule has 7 nitrogen and oxygen atoms in total. The zero-order valence-corrected chi connectivity index (χ0v) is 19.0. The number of rotatable bonds is 7. The van der Waals surface area contributed by atoms with Crippen LogP contribution in [0.3, 0.4) is 0 Å². The Kier molecular flexibility index (Phi) is 9.74. The zero-order chi connectivity index (χ0) is 19.2. The summed E-state index contributed by atoms with van der Waals surface area (Å²) in [5.74, 6) is 0.556. The van der Waals surface area contributed by atoms with E-state index in [2.05, 4.69) is 19.9 Å². The van der Waals surface area contributed by atoms with Crippen LogP contribution in [-0.4, -0.2) is 65.4 Å². The number of aryl methyl sites for hydroxylation is 1. The second-order valence-corrected chi connectivity index (χ2v) is 8.26. The largest absolute Gasteiger partial charge is 0.384 e. The fourth-order valence-corrected chi connectivity index (χ4v) is 3.87. The van der Waals surface area contributed by atoms with Gasteiger partial charge in [-0.1, -0.05) is 6.07 Å². The number of ether oxygens (including phenoxy) is 1. The number of hydrogen-bond acceptors (Lipinski definition) is 4. The van der Waals surface area contributed by atoms with Crippen molar-refractivity contribution in [1.29, 1.82) is 0 Å². The van der Waals surface area contributed by atoms with Crippen LogP contribution in [0.5, 0.6) is 0 Å². The highest BCUT2D eigenvalue weighted by molar-refractivity contribution is 14.0. The van der Waals surface area contributed by atoms with Crippen molar-refractivity contribution in [2.24, 2.45) is 10.9 Å². The van der Waals surface area contributed by atoms with E-state index in [4.69, 9.17) is 4.74 Å². The Hall–Kier alpha value is -1.14. The molecule has 1 unspecified atom stereocenters. The van der Waals surface area contributed by atoms with Gasteiger partial charge in [0.1, 0.15) is 5.82 Å². The predicted octanol–water partition coefficient (Wildman–Crippen LogP) is 2.04. The van der Waals surface area contributed by atoms with Crippen molar-refractivity contribution in [3.05, 3.63) is 29.6 Å². The van der Waals surface area contributed by atoms with Crippen LogP contribution in [-0.2, 0) is 14.8 Å². The van der Waals surface area contributed by atoms with Crippen LogP contribution in [0.1, 0.15) is 12.0 Å². The first-order chi connectivity index (χ1) is 12.3. The zero-order valence-electron chi connectivity index (χ0n) is 15.9. The van der Waals surface area contributed by atoms with E-state index in [-0.39, 0.29) is 42.0 Å². The number of likely N-dealkylation sites (tertiary alicyclic amines) is 1. The summed E-state index contributed by atoms with van der Waals surface area (Å²) in [6, 6.07) is 4.26. The molecule has 0 saturated carbocycles. The molecule has 10 heteroatoms. The van der Waals surface area contributed by atoms with Gasteiger partial charge >= 0.3 is 0 Å². The Balaban J connectivity index is 0.00000364. The van der Waals surface area contributed by atoms with Crippen LogP contribution in [0, 0.1) is 18.7 Å². The highest BCUT2D eigenvalue weighted by Gasteiger charge is 2.24. The molecule has 1 aliphatic rings. The van der Waals surface area contributed by atoms with E-state index in [0.717, 1.165) is 19.5 Å². The second-order valence-electron chi connectivity index (χ2n) is 6.41. The van der Waals surface area contributed by atoms with E-state index >= 15 is 0 Å². The van der Waals surface area contributed by atoms with E-state index in [1.165, 1.54) is 12.1 Å². The Morgan fingerprint density at radius 1 is 1.44 bits per heavy atom. The second kappa shape index (κ2) is 11.0. The lowest BCUT2D eigenvalue weighted by molar-refractivity contribution is 0.157. The van der Waals surface area contributed by atoms with Crippen molar-refractivity contribution in [2.45, 2.75) is 13.3 Å². The van der Waals surface area contributed by atoms with E-state index in [9.17, 15) is 12.8 Å². The molecule has 1 saturated heterocycles. The minimum Gasteiger partial charge on any atom is -0.384 e. The minimum absolute atomic E-state index is 0. The van der Waals surface area contributed by atoms with Gasteiger partial charge in [-0.05, 0) is 31.0 Å². The summed E-state index contributed by atoms with van der Waals surface area (Å²) in [5.41, 5.74) is 0.690. The molecule has 27 heavy (non-hydrogen) atoms. The van der Waals surface area contributed by atoms with Gasteiger partial charge in [-0.25, -0.2) is 12.8 Å². The maximum Gasteiger partial charge on any atom is 0.234 e. The first-order valence-corrected chi connectivity index (χ1v) is 10.2. The molecule has 0 radical (unpaired) electrons. The third-order valence-corrected chi connectivity index (χ3v) is 5.59. The smallest absolute Gasteiger partial charge is 0.234 e. The summed E-state index contributed by atoms with van der Waals surface area (Å²) in [7, 11) is -0.221. The molecular formula is C17H28FIN4O3S. The summed E-state index contributed by atoms with van der Waals surface area (Å²) in [5, 5.41) is 3.08. The molecule has 0 aliphatic carbocycles. The maximum absolute atomic E-state index is 13.5. The Morgan fingerprint density at radius 2 is 2.19 bits per heavy atom. The van der Waals surface area contributed by atoms with Gasteiger partial charge in [0, 0.05) is 39.7 Å². The lowest BCUT2D eigenvalue weighted by atomic mass is 10.1. The van der Waals surface area contributed by atoms with Crippen LogP contribution in [0.4, 0.5) is 10.1 Å². The third kappa shape index (κ3) is 7.41. The highest BCUT2D eigenvalue weighted by atomic mass is 127. The monoisotopic (exact) mass is 514 g/mol. The van der Waals surface area contributed by atoms with Gasteiger partial charge in [0.25, 0.3) is 0 Å². The number of nitrogens with one attached hydrogen (secondary N) is 2. The molecule has 1 fully saturated rings. The number of halogens is 2. The van der Waals surface area contributed by atoms with Gasteiger partial charge < -0.3 is 15.0 Å². The van der Waals surface area contributed by atoms with E-state index in [1.807, 2.05) is 0 Å².